The minimum Gasteiger partial charge on any atom is -0.395 e. The van der Waals surface area contributed by atoms with Crippen LogP contribution in [-0.2, 0) is 6.42 Å². The first-order chi connectivity index (χ1) is 7.63. The van der Waals surface area contributed by atoms with Crippen molar-refractivity contribution in [3.63, 3.8) is 0 Å². The molecule has 0 radical (unpaired) electrons. The Labute approximate surface area is 93.3 Å². The van der Waals surface area contributed by atoms with Crippen molar-refractivity contribution < 1.29 is 13.9 Å². The molecule has 1 aromatic carbocycles. The molecule has 4 heteroatoms. The lowest BCUT2D eigenvalue weighted by molar-refractivity contribution is 0.240. The second-order valence-electron chi connectivity index (χ2n) is 4.26. The third-order valence-electron chi connectivity index (χ3n) is 3.04. The van der Waals surface area contributed by atoms with Crippen LogP contribution in [0.3, 0.4) is 0 Å². The summed E-state index contributed by atoms with van der Waals surface area (Å²) >= 11 is 0. The molecule has 0 bridgehead atoms. The van der Waals surface area contributed by atoms with E-state index in [0.717, 1.165) is 6.07 Å². The molecule has 2 N–H and O–H groups in total. The predicted octanol–water partition coefficient (Wildman–Crippen LogP) is 1.92. The molecule has 0 saturated heterocycles. The number of halogens is 2. The van der Waals surface area contributed by atoms with E-state index in [1.165, 1.54) is 6.07 Å². The van der Waals surface area contributed by atoms with Gasteiger partial charge in [-0.2, -0.15) is 0 Å². The Hall–Kier alpha value is -1.00. The number of aliphatic hydroxyl groups is 1. The van der Waals surface area contributed by atoms with Gasteiger partial charge in [-0.3, -0.25) is 0 Å². The van der Waals surface area contributed by atoms with E-state index in [4.69, 9.17) is 5.11 Å². The zero-order valence-corrected chi connectivity index (χ0v) is 9.13. The first-order valence-electron chi connectivity index (χ1n) is 5.47. The van der Waals surface area contributed by atoms with Crippen LogP contribution in [0.4, 0.5) is 8.78 Å². The van der Waals surface area contributed by atoms with Gasteiger partial charge in [-0.15, -0.1) is 0 Å². The SMILES string of the molecule is C[C@H](CO)NC1CCc2c(F)ccc(F)c21. The molecule has 88 valence electrons. The molecule has 0 heterocycles. The fourth-order valence-corrected chi connectivity index (χ4v) is 2.24. The van der Waals surface area contributed by atoms with Crippen molar-refractivity contribution in [2.75, 3.05) is 6.61 Å². The molecule has 0 fully saturated rings. The molecule has 2 nitrogen and oxygen atoms in total. The average Bonchev–Trinajstić information content (AvgIpc) is 2.68. The lowest BCUT2D eigenvalue weighted by atomic mass is 10.1. The van der Waals surface area contributed by atoms with Crippen molar-refractivity contribution >= 4 is 0 Å². The highest BCUT2D eigenvalue weighted by molar-refractivity contribution is 5.37. The molecule has 0 aromatic heterocycles. The molecule has 1 aromatic rings. The van der Waals surface area contributed by atoms with Gasteiger partial charge < -0.3 is 10.4 Å². The van der Waals surface area contributed by atoms with Crippen molar-refractivity contribution in [1.29, 1.82) is 0 Å². The van der Waals surface area contributed by atoms with Crippen molar-refractivity contribution in [1.82, 2.24) is 5.32 Å². The third kappa shape index (κ3) is 1.95. The van der Waals surface area contributed by atoms with Crippen LogP contribution in [0.25, 0.3) is 0 Å². The fraction of sp³-hybridized carbons (Fsp3) is 0.500. The Morgan fingerprint density at radius 1 is 1.44 bits per heavy atom. The first kappa shape index (κ1) is 11.5. The van der Waals surface area contributed by atoms with E-state index in [-0.39, 0.29) is 30.3 Å². The maximum atomic E-state index is 13.6. The highest BCUT2D eigenvalue weighted by Crippen LogP contribution is 2.34. The molecule has 0 saturated carbocycles. The maximum Gasteiger partial charge on any atom is 0.128 e. The Morgan fingerprint density at radius 2 is 2.12 bits per heavy atom. The van der Waals surface area contributed by atoms with Crippen molar-refractivity contribution in [2.24, 2.45) is 0 Å². The molecule has 2 rings (SSSR count). The standard InChI is InChI=1S/C12H15F2NO/c1-7(6-16)15-11-5-2-8-9(13)3-4-10(14)12(8)11/h3-4,7,11,15-16H,2,5-6H2,1H3/t7-,11?/m1/s1. The number of rotatable bonds is 3. The zero-order chi connectivity index (χ0) is 11.7. The van der Waals surface area contributed by atoms with Gasteiger partial charge in [-0.25, -0.2) is 8.78 Å². The summed E-state index contributed by atoms with van der Waals surface area (Å²) in [4.78, 5) is 0. The summed E-state index contributed by atoms with van der Waals surface area (Å²) in [6.07, 6.45) is 1.23. The van der Waals surface area contributed by atoms with Gasteiger partial charge in [0.2, 0.25) is 0 Å². The molecular formula is C12H15F2NO. The van der Waals surface area contributed by atoms with E-state index in [1.807, 2.05) is 6.92 Å². The summed E-state index contributed by atoms with van der Waals surface area (Å²) in [5.74, 6) is -0.700. The van der Waals surface area contributed by atoms with Gasteiger partial charge >= 0.3 is 0 Å². The third-order valence-corrected chi connectivity index (χ3v) is 3.04. The summed E-state index contributed by atoms with van der Waals surface area (Å²) in [6, 6.07) is 2.04. The van der Waals surface area contributed by atoms with E-state index < -0.39 is 0 Å². The van der Waals surface area contributed by atoms with Crippen LogP contribution in [0.1, 0.15) is 30.5 Å². The van der Waals surface area contributed by atoms with E-state index in [1.54, 1.807) is 0 Å². The van der Waals surface area contributed by atoms with Gasteiger partial charge in [-0.1, -0.05) is 0 Å². The van der Waals surface area contributed by atoms with Crippen LogP contribution in [-0.4, -0.2) is 17.8 Å². The number of aliphatic hydroxyl groups excluding tert-OH is 1. The summed E-state index contributed by atoms with van der Waals surface area (Å²) in [5, 5.41) is 12.0. The Kier molecular flexibility index (Phi) is 3.21. The summed E-state index contributed by atoms with van der Waals surface area (Å²) in [5.41, 5.74) is 0.905. The smallest absolute Gasteiger partial charge is 0.128 e. The summed E-state index contributed by atoms with van der Waals surface area (Å²) in [6.45, 7) is 1.80. The molecule has 1 aliphatic carbocycles. The number of hydrogen-bond acceptors (Lipinski definition) is 2. The topological polar surface area (TPSA) is 32.3 Å². The summed E-state index contributed by atoms with van der Waals surface area (Å²) in [7, 11) is 0. The second kappa shape index (κ2) is 4.47. The second-order valence-corrected chi connectivity index (χ2v) is 4.26. The van der Waals surface area contributed by atoms with Gasteiger partial charge in [0.15, 0.2) is 0 Å². The molecule has 1 aliphatic rings. The van der Waals surface area contributed by atoms with E-state index in [9.17, 15) is 8.78 Å². The van der Waals surface area contributed by atoms with E-state index in [2.05, 4.69) is 5.32 Å². The largest absolute Gasteiger partial charge is 0.395 e. The average molecular weight is 227 g/mol. The first-order valence-corrected chi connectivity index (χ1v) is 5.47. The Balaban J connectivity index is 2.28. The quantitative estimate of drug-likeness (QED) is 0.827. The van der Waals surface area contributed by atoms with E-state index >= 15 is 0 Å². The lowest BCUT2D eigenvalue weighted by Crippen LogP contribution is -2.32. The predicted molar refractivity (Wildman–Crippen MR) is 57.1 cm³/mol. The minimum atomic E-state index is -0.364. The normalized spacial score (nSPS) is 20.9. The van der Waals surface area contributed by atoms with E-state index in [0.29, 0.717) is 24.0 Å². The van der Waals surface area contributed by atoms with Crippen LogP contribution < -0.4 is 5.32 Å². The number of hydrogen-bond donors (Lipinski definition) is 2. The highest BCUT2D eigenvalue weighted by Gasteiger charge is 2.28. The fourth-order valence-electron chi connectivity index (χ4n) is 2.24. The minimum absolute atomic E-state index is 0.0111. The van der Waals surface area contributed by atoms with Gasteiger partial charge in [-0.05, 0) is 37.5 Å². The lowest BCUT2D eigenvalue weighted by Gasteiger charge is -2.19. The number of benzene rings is 1. The Morgan fingerprint density at radius 3 is 2.81 bits per heavy atom. The van der Waals surface area contributed by atoms with Crippen LogP contribution in [0, 0.1) is 11.6 Å². The monoisotopic (exact) mass is 227 g/mol. The van der Waals surface area contributed by atoms with Gasteiger partial charge in [0.25, 0.3) is 0 Å². The van der Waals surface area contributed by atoms with Crippen LogP contribution in [0.15, 0.2) is 12.1 Å². The maximum absolute atomic E-state index is 13.6. The zero-order valence-electron chi connectivity index (χ0n) is 9.13. The number of fused-ring (bicyclic) bond motifs is 1. The van der Waals surface area contributed by atoms with Crippen molar-refractivity contribution in [2.45, 2.75) is 31.8 Å². The highest BCUT2D eigenvalue weighted by atomic mass is 19.1. The molecule has 2 atom stereocenters. The van der Waals surface area contributed by atoms with Gasteiger partial charge in [0.05, 0.1) is 6.61 Å². The van der Waals surface area contributed by atoms with Crippen LogP contribution in [0.2, 0.25) is 0 Å². The molecule has 0 amide bonds. The molecule has 0 aliphatic heterocycles. The molecule has 1 unspecified atom stereocenters. The molecular weight excluding hydrogens is 212 g/mol. The number of nitrogens with one attached hydrogen (secondary N) is 1. The van der Waals surface area contributed by atoms with Crippen molar-refractivity contribution in [3.8, 4) is 0 Å². The van der Waals surface area contributed by atoms with Crippen LogP contribution >= 0.6 is 0 Å². The molecule has 16 heavy (non-hydrogen) atoms. The van der Waals surface area contributed by atoms with Gasteiger partial charge in [0, 0.05) is 17.6 Å². The van der Waals surface area contributed by atoms with Crippen LogP contribution in [0.5, 0.6) is 0 Å². The van der Waals surface area contributed by atoms with Crippen molar-refractivity contribution in [3.05, 3.63) is 34.9 Å². The molecule has 0 spiro atoms. The Bertz CT molecular complexity index is 395. The summed E-state index contributed by atoms with van der Waals surface area (Å²) < 4.78 is 27.0. The van der Waals surface area contributed by atoms with Gasteiger partial charge in [0.1, 0.15) is 11.6 Å².